The van der Waals surface area contributed by atoms with E-state index in [1.165, 1.54) is 11.3 Å². The first kappa shape index (κ1) is 13.8. The van der Waals surface area contributed by atoms with Crippen LogP contribution in [0.1, 0.15) is 17.2 Å². The number of anilines is 1. The molecule has 1 fully saturated rings. The van der Waals surface area contributed by atoms with Gasteiger partial charge in [0.2, 0.25) is 11.8 Å². The highest BCUT2D eigenvalue weighted by Gasteiger charge is 2.41. The number of benzene rings is 1. The Morgan fingerprint density at radius 1 is 1.38 bits per heavy atom. The molecule has 108 valence electrons. The average molecular weight is 301 g/mol. The number of aromatic nitrogens is 1. The molecule has 0 radical (unpaired) electrons. The number of carbonyl (C=O) groups excluding carboxylic acids is 2. The maximum atomic E-state index is 12.4. The van der Waals surface area contributed by atoms with E-state index in [-0.39, 0.29) is 17.7 Å². The van der Waals surface area contributed by atoms with Crippen LogP contribution < -0.4 is 10.6 Å². The number of rotatable bonds is 3. The maximum Gasteiger partial charge on any atom is 0.239 e. The molecule has 1 aromatic carbocycles. The molecule has 0 bridgehead atoms. The van der Waals surface area contributed by atoms with Gasteiger partial charge in [-0.1, -0.05) is 30.3 Å². The van der Waals surface area contributed by atoms with Gasteiger partial charge in [0.05, 0.1) is 5.69 Å². The topological polar surface area (TPSA) is 71.1 Å². The predicted octanol–water partition coefficient (Wildman–Crippen LogP) is 1.92. The SMILES string of the molecule is Cc1csc(NC(=O)[C@@H]2C(=O)NC[C@H]2c2ccccc2)n1. The van der Waals surface area contributed by atoms with Crippen molar-refractivity contribution in [3.05, 3.63) is 47.0 Å². The third-order valence-electron chi connectivity index (χ3n) is 3.54. The molecule has 6 heteroatoms. The fourth-order valence-electron chi connectivity index (χ4n) is 2.53. The van der Waals surface area contributed by atoms with Gasteiger partial charge in [0.15, 0.2) is 5.13 Å². The smallest absolute Gasteiger partial charge is 0.239 e. The summed E-state index contributed by atoms with van der Waals surface area (Å²) in [6.07, 6.45) is 0. The van der Waals surface area contributed by atoms with Crippen LogP contribution in [-0.2, 0) is 9.59 Å². The lowest BCUT2D eigenvalue weighted by molar-refractivity contribution is -0.130. The van der Waals surface area contributed by atoms with E-state index in [0.717, 1.165) is 11.3 Å². The van der Waals surface area contributed by atoms with Gasteiger partial charge in [-0.05, 0) is 12.5 Å². The second-order valence-corrected chi connectivity index (χ2v) is 5.88. The molecule has 1 aromatic heterocycles. The van der Waals surface area contributed by atoms with Gasteiger partial charge in [-0.15, -0.1) is 11.3 Å². The quantitative estimate of drug-likeness (QED) is 0.851. The van der Waals surface area contributed by atoms with Crippen molar-refractivity contribution in [1.29, 1.82) is 0 Å². The Morgan fingerprint density at radius 2 is 2.14 bits per heavy atom. The largest absolute Gasteiger partial charge is 0.355 e. The Labute approximate surface area is 126 Å². The van der Waals surface area contributed by atoms with Crippen LogP contribution in [0.5, 0.6) is 0 Å². The van der Waals surface area contributed by atoms with Crippen LogP contribution in [0.2, 0.25) is 0 Å². The van der Waals surface area contributed by atoms with Gasteiger partial charge in [0, 0.05) is 17.8 Å². The van der Waals surface area contributed by atoms with Gasteiger partial charge in [-0.2, -0.15) is 0 Å². The normalized spacial score (nSPS) is 21.1. The molecular weight excluding hydrogens is 286 g/mol. The third-order valence-corrected chi connectivity index (χ3v) is 4.42. The Hall–Kier alpha value is -2.21. The minimum Gasteiger partial charge on any atom is -0.355 e. The Balaban J connectivity index is 1.81. The Morgan fingerprint density at radius 3 is 2.81 bits per heavy atom. The highest BCUT2D eigenvalue weighted by molar-refractivity contribution is 7.13. The van der Waals surface area contributed by atoms with Gasteiger partial charge in [-0.3, -0.25) is 9.59 Å². The van der Waals surface area contributed by atoms with Crippen LogP contribution in [0.3, 0.4) is 0 Å². The molecule has 1 aliphatic rings. The van der Waals surface area contributed by atoms with Crippen molar-refractivity contribution in [2.24, 2.45) is 5.92 Å². The molecule has 1 aliphatic heterocycles. The van der Waals surface area contributed by atoms with Crippen LogP contribution in [-0.4, -0.2) is 23.3 Å². The fourth-order valence-corrected chi connectivity index (χ4v) is 3.22. The average Bonchev–Trinajstić information content (AvgIpc) is 3.06. The van der Waals surface area contributed by atoms with Crippen molar-refractivity contribution in [2.75, 3.05) is 11.9 Å². The van der Waals surface area contributed by atoms with Crippen molar-refractivity contribution in [2.45, 2.75) is 12.8 Å². The van der Waals surface area contributed by atoms with E-state index in [4.69, 9.17) is 0 Å². The van der Waals surface area contributed by atoms with E-state index in [1.54, 1.807) is 0 Å². The first-order valence-corrected chi connectivity index (χ1v) is 7.59. The lowest BCUT2D eigenvalue weighted by Gasteiger charge is -2.16. The van der Waals surface area contributed by atoms with Crippen molar-refractivity contribution >= 4 is 28.3 Å². The number of hydrogen-bond donors (Lipinski definition) is 2. The minimum atomic E-state index is -0.711. The van der Waals surface area contributed by atoms with E-state index < -0.39 is 5.92 Å². The lowest BCUT2D eigenvalue weighted by atomic mass is 9.88. The molecular formula is C15H15N3O2S. The van der Waals surface area contributed by atoms with E-state index in [1.807, 2.05) is 42.6 Å². The van der Waals surface area contributed by atoms with E-state index >= 15 is 0 Å². The summed E-state index contributed by atoms with van der Waals surface area (Å²) in [6.45, 7) is 2.35. The van der Waals surface area contributed by atoms with Gasteiger partial charge < -0.3 is 10.6 Å². The molecule has 0 saturated carbocycles. The van der Waals surface area contributed by atoms with Crippen molar-refractivity contribution in [1.82, 2.24) is 10.3 Å². The van der Waals surface area contributed by atoms with Gasteiger partial charge in [-0.25, -0.2) is 4.98 Å². The highest BCUT2D eigenvalue weighted by atomic mass is 32.1. The monoisotopic (exact) mass is 301 g/mol. The number of hydrogen-bond acceptors (Lipinski definition) is 4. The summed E-state index contributed by atoms with van der Waals surface area (Å²) in [6, 6.07) is 9.63. The molecule has 0 aliphatic carbocycles. The summed E-state index contributed by atoms with van der Waals surface area (Å²) in [4.78, 5) is 28.6. The summed E-state index contributed by atoms with van der Waals surface area (Å²) < 4.78 is 0. The molecule has 5 nitrogen and oxygen atoms in total. The van der Waals surface area contributed by atoms with Crippen LogP contribution in [0.4, 0.5) is 5.13 Å². The van der Waals surface area contributed by atoms with Gasteiger partial charge in [0.25, 0.3) is 0 Å². The standard InChI is InChI=1S/C15H15N3O2S/c1-9-8-21-15(17-9)18-14(20)12-11(7-16-13(12)19)10-5-3-2-4-6-10/h2-6,8,11-12H,7H2,1H3,(H,16,19)(H,17,18,20)/t11-,12-/m0/s1. The van der Waals surface area contributed by atoms with Gasteiger partial charge >= 0.3 is 0 Å². The Kier molecular flexibility index (Phi) is 3.70. The molecule has 2 aromatic rings. The minimum absolute atomic E-state index is 0.139. The molecule has 21 heavy (non-hydrogen) atoms. The summed E-state index contributed by atoms with van der Waals surface area (Å²) in [5, 5.41) is 7.91. The van der Waals surface area contributed by atoms with Gasteiger partial charge in [0.1, 0.15) is 5.92 Å². The zero-order valence-corrected chi connectivity index (χ0v) is 12.3. The molecule has 3 rings (SSSR count). The van der Waals surface area contributed by atoms with E-state index in [0.29, 0.717) is 11.7 Å². The molecule has 2 N–H and O–H groups in total. The summed E-state index contributed by atoms with van der Waals surface area (Å²) in [7, 11) is 0. The number of thiazole rings is 1. The number of amides is 2. The lowest BCUT2D eigenvalue weighted by Crippen LogP contribution is -2.32. The molecule has 2 amide bonds. The van der Waals surface area contributed by atoms with Crippen LogP contribution in [0, 0.1) is 12.8 Å². The van der Waals surface area contributed by atoms with Crippen LogP contribution in [0.25, 0.3) is 0 Å². The van der Waals surface area contributed by atoms with Crippen molar-refractivity contribution in [3.63, 3.8) is 0 Å². The molecule has 1 saturated heterocycles. The molecule has 0 spiro atoms. The summed E-state index contributed by atoms with van der Waals surface area (Å²) >= 11 is 1.36. The number of aryl methyl sites for hydroxylation is 1. The second kappa shape index (κ2) is 5.65. The Bertz CT molecular complexity index is 669. The zero-order valence-electron chi connectivity index (χ0n) is 11.5. The summed E-state index contributed by atoms with van der Waals surface area (Å²) in [5.74, 6) is -1.38. The molecule has 2 atom stereocenters. The molecule has 0 unspecified atom stereocenters. The first-order valence-electron chi connectivity index (χ1n) is 6.71. The number of nitrogens with one attached hydrogen (secondary N) is 2. The third kappa shape index (κ3) is 2.80. The van der Waals surface area contributed by atoms with Crippen LogP contribution in [0.15, 0.2) is 35.7 Å². The van der Waals surface area contributed by atoms with Crippen molar-refractivity contribution < 1.29 is 9.59 Å². The zero-order chi connectivity index (χ0) is 14.8. The second-order valence-electron chi connectivity index (χ2n) is 5.02. The maximum absolute atomic E-state index is 12.4. The fraction of sp³-hybridized carbons (Fsp3) is 0.267. The van der Waals surface area contributed by atoms with Crippen LogP contribution >= 0.6 is 11.3 Å². The number of nitrogens with zero attached hydrogens (tertiary/aromatic N) is 1. The summed E-state index contributed by atoms with van der Waals surface area (Å²) in [5.41, 5.74) is 1.84. The number of carbonyl (C=O) groups is 2. The van der Waals surface area contributed by atoms with Crippen molar-refractivity contribution in [3.8, 4) is 0 Å². The predicted molar refractivity (Wildman–Crippen MR) is 81.2 cm³/mol. The first-order chi connectivity index (χ1) is 10.1. The van der Waals surface area contributed by atoms with E-state index in [9.17, 15) is 9.59 Å². The highest BCUT2D eigenvalue weighted by Crippen LogP contribution is 2.30. The van der Waals surface area contributed by atoms with E-state index in [2.05, 4.69) is 15.6 Å². The molecule has 2 heterocycles.